The number of hydrogen-bond donors (Lipinski definition) is 4. The standard InChI is InChI=1S/C19H41N.C18H17NOS.C17H25N3O.C16H23N3O.C15H27NO.C14H20ClNO.C14H22N2/c1-5-7-9-11-13-15-17-20(19(3)4)18-16-14-12-10-8-6-2;1-13(2)21-18-19-16(14-9-5-3-6-10-14)17(20-18)15-11-7-4-8-12-15;1-16(2,3)19-11-9-17(10-12-19)15(21)18-13-20(17)14-7-5-4-6-8-14;1-16(2,3)18-10-8-12(9-11-18)19-14-7-5-4-6-13(14)17-15(19)20;1-15(2,3)10-14(17)13-9-8-11-6-4-5-7-12(11)16-13;1-11(2)16-9-7-14(17,8-10-16)12-3-5-13(15)6-4-12;1-12(2)15-8-10-16(11-9-15)14-6-4-13(3)5-7-14/h19H,5-18H2,1-4H3;3-13H,1-2H3;4-8H,9-13H2,1-3H3,(H,18,21);4-7,12H,8-11H2,1-3H3,(H,17,20);11-13,16H,4-10H2,1-3H3;3-6,11,17H,7-10H2,1-2H3;4-7,12H,8-11H2,1-3H3/t;;;;11-,12-,13-;;/m....1../s1. The number of H-pyrrole nitrogens is 1. The smallest absolute Gasteiger partial charge is 0.326 e. The number of carbonyl (C=O) groups is 2. The van der Waals surface area contributed by atoms with Gasteiger partial charge in [0.25, 0.3) is 5.22 Å². The zero-order valence-corrected chi connectivity index (χ0v) is 87.0. The van der Waals surface area contributed by atoms with Gasteiger partial charge in [0.15, 0.2) is 5.76 Å². The molecule has 6 saturated heterocycles. The number of aromatic nitrogens is 3. The Morgan fingerprint density at radius 2 is 1.08 bits per heavy atom. The molecule has 2 aromatic heterocycles. The molecule has 17 nitrogen and oxygen atoms in total. The van der Waals surface area contributed by atoms with Gasteiger partial charge in [-0.15, -0.1) is 0 Å². The van der Waals surface area contributed by atoms with Gasteiger partial charge in [-0.2, -0.15) is 0 Å². The molecule has 8 heterocycles. The molecule has 6 aliphatic heterocycles. The number of halogens is 1. The Hall–Kier alpha value is -7.10. The van der Waals surface area contributed by atoms with E-state index in [9.17, 15) is 19.5 Å². The van der Waals surface area contributed by atoms with Crippen LogP contribution in [0.3, 0.4) is 0 Å². The van der Waals surface area contributed by atoms with Crippen molar-refractivity contribution >= 4 is 57.5 Å². The number of aromatic amines is 1. The van der Waals surface area contributed by atoms with Gasteiger partial charge in [0, 0.05) is 146 Å². The van der Waals surface area contributed by atoms with E-state index in [-0.39, 0.29) is 39.7 Å². The van der Waals surface area contributed by atoms with Crippen molar-refractivity contribution in [2.45, 2.75) is 368 Å². The average Bonchev–Trinajstić information content (AvgIpc) is 1.60. The number of oxazole rings is 1. The molecule has 8 aromatic rings. The lowest BCUT2D eigenvalue weighted by atomic mass is 9.76. The molecular weight excluding hydrogens is 1670 g/mol. The number of aliphatic hydroxyl groups is 1. The third-order valence-corrected chi connectivity index (χ3v) is 29.2. The Labute approximate surface area is 808 Å². The summed E-state index contributed by atoms with van der Waals surface area (Å²) in [5.74, 6) is 2.31. The Morgan fingerprint density at radius 1 is 0.561 bits per heavy atom. The first kappa shape index (κ1) is 109. The molecule has 0 radical (unpaired) electrons. The molecule has 3 atom stereocenters. The summed E-state index contributed by atoms with van der Waals surface area (Å²) in [4.78, 5) is 62.0. The molecule has 132 heavy (non-hydrogen) atoms. The summed E-state index contributed by atoms with van der Waals surface area (Å²) < 4.78 is 7.97. The molecule has 1 aliphatic carbocycles. The number of piperidine rings is 4. The van der Waals surface area contributed by atoms with E-state index in [1.165, 1.54) is 147 Å². The van der Waals surface area contributed by atoms with Crippen LogP contribution in [0.1, 0.15) is 309 Å². The van der Waals surface area contributed by atoms with Crippen molar-refractivity contribution in [2.24, 2.45) is 11.3 Å². The van der Waals surface area contributed by atoms with Gasteiger partial charge < -0.3 is 44.7 Å². The first-order valence-electron chi connectivity index (χ1n) is 51.4. The number of fused-ring (bicyclic) bond motifs is 2. The number of nitrogens with one attached hydrogen (secondary N) is 3. The molecule has 1 saturated carbocycles. The Morgan fingerprint density at radius 3 is 1.61 bits per heavy atom. The van der Waals surface area contributed by atoms with Gasteiger partial charge in [0.1, 0.15) is 17.0 Å². The molecule has 7 fully saturated rings. The third-order valence-electron chi connectivity index (χ3n) is 28.1. The van der Waals surface area contributed by atoms with Gasteiger partial charge in [0.2, 0.25) is 5.91 Å². The summed E-state index contributed by atoms with van der Waals surface area (Å²) in [7, 11) is 0. The third kappa shape index (κ3) is 34.0. The second-order valence-electron chi connectivity index (χ2n) is 42.8. The zero-order valence-electron chi connectivity index (χ0n) is 85.5. The number of likely N-dealkylation sites (tertiary alicyclic amines) is 3. The number of nitrogens with zero attached hydrogens (tertiary/aromatic N) is 9. The van der Waals surface area contributed by atoms with Crippen molar-refractivity contribution in [3.63, 3.8) is 0 Å². The minimum Gasteiger partial charge on any atom is -0.431 e. The minimum atomic E-state index is -0.671. The van der Waals surface area contributed by atoms with Crippen LogP contribution in [0.5, 0.6) is 0 Å². The Kier molecular flexibility index (Phi) is 44.1. The highest BCUT2D eigenvalue weighted by Crippen LogP contribution is 2.41. The lowest BCUT2D eigenvalue weighted by Crippen LogP contribution is -2.59. The van der Waals surface area contributed by atoms with E-state index in [0.29, 0.717) is 48.3 Å². The molecule has 0 bridgehead atoms. The van der Waals surface area contributed by atoms with Crippen LogP contribution in [-0.4, -0.2) is 193 Å². The first-order chi connectivity index (χ1) is 63.0. The highest BCUT2D eigenvalue weighted by molar-refractivity contribution is 7.99. The molecule has 15 rings (SSSR count). The number of imidazole rings is 1. The fourth-order valence-corrected chi connectivity index (χ4v) is 20.7. The van der Waals surface area contributed by atoms with E-state index in [1.54, 1.807) is 11.8 Å². The van der Waals surface area contributed by atoms with Crippen LogP contribution in [0, 0.1) is 18.3 Å². The van der Waals surface area contributed by atoms with Crippen molar-refractivity contribution in [1.82, 2.24) is 49.7 Å². The summed E-state index contributed by atoms with van der Waals surface area (Å²) in [6, 6.07) is 58.1. The quantitative estimate of drug-likeness (QED) is 0.0284. The normalized spacial score (nSPS) is 19.2. The number of aryl methyl sites for hydroxylation is 1. The number of ketones is 1. The van der Waals surface area contributed by atoms with E-state index in [0.717, 1.165) is 164 Å². The summed E-state index contributed by atoms with van der Waals surface area (Å²) >= 11 is 7.52. The number of piperazine rings is 1. The lowest BCUT2D eigenvalue weighted by molar-refractivity contribution is -0.125. The predicted octanol–water partition coefficient (Wildman–Crippen LogP) is 25.8. The van der Waals surface area contributed by atoms with E-state index < -0.39 is 5.60 Å². The van der Waals surface area contributed by atoms with E-state index >= 15 is 0 Å². The lowest BCUT2D eigenvalue weighted by Gasteiger charge is -2.47. The monoisotopic (exact) mass is 1850 g/mol. The van der Waals surface area contributed by atoms with Crippen LogP contribution >= 0.6 is 23.4 Å². The minimum absolute atomic E-state index is 0.0282. The number of para-hydroxylation sites is 3. The highest BCUT2D eigenvalue weighted by Gasteiger charge is 2.51. The number of carbonyl (C=O) groups excluding carboxylic acids is 2. The van der Waals surface area contributed by atoms with Gasteiger partial charge in [0.05, 0.1) is 29.3 Å². The highest BCUT2D eigenvalue weighted by atomic mass is 35.5. The van der Waals surface area contributed by atoms with Gasteiger partial charge in [-0.05, 0) is 246 Å². The number of thioether (sulfide) groups is 1. The average molecular weight is 1850 g/mol. The molecule has 7 aliphatic rings. The van der Waals surface area contributed by atoms with Crippen molar-refractivity contribution in [3.05, 3.63) is 190 Å². The maximum Gasteiger partial charge on any atom is 0.326 e. The molecule has 19 heteroatoms. The maximum absolute atomic E-state index is 12.5. The van der Waals surface area contributed by atoms with Gasteiger partial charge in [-0.3, -0.25) is 28.9 Å². The predicted molar refractivity (Wildman–Crippen MR) is 562 cm³/mol. The van der Waals surface area contributed by atoms with Crippen molar-refractivity contribution in [1.29, 1.82) is 0 Å². The second kappa shape index (κ2) is 53.6. The SMILES string of the molecule is CC(C)(C)CC(=O)[C@H]1CC[C@H]2CCCC[C@H]2N1.CC(C)(C)N1CCC(n2c(=O)[nH]c3ccccc32)CC1.CC(C)(C)N1CCC2(CC1)C(=O)NCN2c1ccccc1.CC(C)N1CCC(O)(c2ccc(Cl)cc2)CC1.CC(C)Sc1nc(-c2ccccc2)c(-c2ccccc2)o1.CCCCCCCCN(CCCCCCCC)C(C)C.Cc1ccc(N2CCN(C(C)C)CC2)cc1. The van der Waals surface area contributed by atoms with Gasteiger partial charge in [-0.25, -0.2) is 9.78 Å². The van der Waals surface area contributed by atoms with E-state index in [2.05, 4.69) is 249 Å². The van der Waals surface area contributed by atoms with E-state index in [4.69, 9.17) is 21.0 Å². The summed E-state index contributed by atoms with van der Waals surface area (Å²) in [6.45, 7) is 58.5. The van der Waals surface area contributed by atoms with Crippen LogP contribution in [0.4, 0.5) is 11.4 Å². The molecule has 730 valence electrons. The van der Waals surface area contributed by atoms with Crippen LogP contribution in [0.25, 0.3) is 33.6 Å². The van der Waals surface area contributed by atoms with Crippen LogP contribution < -0.4 is 26.1 Å². The second-order valence-corrected chi connectivity index (χ2v) is 44.8. The Bertz CT molecular complexity index is 4540. The Balaban J connectivity index is 0.000000174. The molecule has 1 amide bonds. The summed E-state index contributed by atoms with van der Waals surface area (Å²) in [5, 5.41) is 19.2. The number of benzene rings is 6. The van der Waals surface area contributed by atoms with Crippen LogP contribution in [-0.2, 0) is 15.2 Å². The van der Waals surface area contributed by atoms with Gasteiger partial charge in [-0.1, -0.05) is 270 Å². The largest absolute Gasteiger partial charge is 0.431 e. The fraction of sp³-hybridized carbons (Fsp3) is 0.628. The van der Waals surface area contributed by atoms with E-state index in [1.807, 2.05) is 108 Å². The van der Waals surface area contributed by atoms with Crippen LogP contribution in [0.15, 0.2) is 178 Å². The van der Waals surface area contributed by atoms with Crippen molar-refractivity contribution < 1.29 is 19.1 Å². The zero-order chi connectivity index (χ0) is 95.6. The molecule has 1 spiro atoms. The summed E-state index contributed by atoms with van der Waals surface area (Å²) in [6.07, 6.45) is 30.9. The number of anilines is 2. The molecule has 0 unspecified atom stereocenters. The van der Waals surface area contributed by atoms with Crippen molar-refractivity contribution in [2.75, 3.05) is 95.0 Å². The fourth-order valence-electron chi connectivity index (χ4n) is 19.9. The number of Topliss-reactive ketones (excluding diaryl/α,β-unsaturated/α-hetero) is 1. The van der Waals surface area contributed by atoms with Crippen LogP contribution in [0.2, 0.25) is 5.02 Å². The number of amides is 1. The maximum atomic E-state index is 12.5. The number of hydrogen-bond acceptors (Lipinski definition) is 15. The molecule has 6 aromatic carbocycles. The van der Waals surface area contributed by atoms with Gasteiger partial charge >= 0.3 is 5.69 Å². The first-order valence-corrected chi connectivity index (χ1v) is 52.6. The number of rotatable bonds is 27. The number of unbranched alkanes of at least 4 members (excludes halogenated alkanes) is 10. The van der Waals surface area contributed by atoms with Crippen molar-refractivity contribution in [3.8, 4) is 22.6 Å². The molecule has 4 N–H and O–H groups in total. The summed E-state index contributed by atoms with van der Waals surface area (Å²) in [5.41, 5.74) is 9.37. The molecular formula is C113H175ClN12O5S. The topological polar surface area (TPSA) is 165 Å².